The third kappa shape index (κ3) is 8.36. The maximum absolute atomic E-state index is 13.3. The van der Waals surface area contributed by atoms with Crippen LogP contribution in [0.4, 0.5) is 0 Å². The van der Waals surface area contributed by atoms with Crippen LogP contribution in [0.5, 0.6) is 0 Å². The Labute approximate surface area is 236 Å². The number of hydrogen-bond acceptors (Lipinski definition) is 9. The predicted octanol–water partition coefficient (Wildman–Crippen LogP) is 3.43. The molecule has 224 valence electrons. The fourth-order valence-corrected chi connectivity index (χ4v) is 6.15. The van der Waals surface area contributed by atoms with Crippen LogP contribution in [0.15, 0.2) is 0 Å². The summed E-state index contributed by atoms with van der Waals surface area (Å²) in [6.07, 6.45) is 7.92. The summed E-state index contributed by atoms with van der Waals surface area (Å²) in [4.78, 5) is 77.3. The molecule has 3 aliphatic rings. The number of nitrogens with zero attached hydrogens (tertiary/aromatic N) is 1. The van der Waals surface area contributed by atoms with Gasteiger partial charge in [-0.05, 0) is 59.3 Å². The minimum Gasteiger partial charge on any atom is -0.464 e. The summed E-state index contributed by atoms with van der Waals surface area (Å²) in [5.74, 6) is -3.86. The third-order valence-corrected chi connectivity index (χ3v) is 8.76. The number of ketones is 2. The molecule has 1 amide bonds. The topological polar surface area (TPSA) is 133 Å². The molecule has 0 aromatic heterocycles. The molecule has 2 aliphatic carbocycles. The first-order valence-electron chi connectivity index (χ1n) is 14.8. The molecule has 4 atom stereocenters. The van der Waals surface area contributed by atoms with E-state index < -0.39 is 47.0 Å². The Kier molecular flexibility index (Phi) is 11.7. The second kappa shape index (κ2) is 14.7. The largest absolute Gasteiger partial charge is 0.464 e. The minimum absolute atomic E-state index is 0.0212. The van der Waals surface area contributed by atoms with Crippen LogP contribution in [0.3, 0.4) is 0 Å². The highest BCUT2D eigenvalue weighted by Crippen LogP contribution is 2.34. The Morgan fingerprint density at radius 3 is 1.65 bits per heavy atom. The SMILES string of the molecule is CC(=O)C1CCCCC1C(=O)OCC(C)(COC(=O)C1CCCCC1C(C)=O)C(=O)OCCN1CCCCC1=O. The smallest absolute Gasteiger partial charge is 0.318 e. The van der Waals surface area contributed by atoms with Gasteiger partial charge in [-0.3, -0.25) is 28.8 Å². The summed E-state index contributed by atoms with van der Waals surface area (Å²) >= 11 is 0. The number of piperidine rings is 1. The van der Waals surface area contributed by atoms with Crippen LogP contribution in [-0.4, -0.2) is 73.2 Å². The van der Waals surface area contributed by atoms with Crippen molar-refractivity contribution in [3.05, 3.63) is 0 Å². The second-order valence-corrected chi connectivity index (χ2v) is 12.0. The first-order chi connectivity index (χ1) is 19.0. The Balaban J connectivity index is 1.66. The molecule has 1 aliphatic heterocycles. The van der Waals surface area contributed by atoms with Gasteiger partial charge in [0.1, 0.15) is 36.8 Å². The van der Waals surface area contributed by atoms with Gasteiger partial charge in [0.05, 0.1) is 18.4 Å². The fraction of sp³-hybridized carbons (Fsp3) is 0.800. The van der Waals surface area contributed by atoms with E-state index in [1.807, 2.05) is 0 Å². The standard InChI is InChI=1S/C30H45NO9/c1-20(32)22-10-4-6-12-24(22)27(35)39-18-30(3,29(37)38-17-16-31-15-9-8-14-26(31)34)19-40-28(36)25-13-7-5-11-23(25)21(2)33/h22-25H,4-19H2,1-3H3. The lowest BCUT2D eigenvalue weighted by Gasteiger charge is -2.32. The molecule has 10 heteroatoms. The van der Waals surface area contributed by atoms with Crippen LogP contribution in [0.2, 0.25) is 0 Å². The summed E-state index contributed by atoms with van der Waals surface area (Å²) in [5, 5.41) is 0. The van der Waals surface area contributed by atoms with Gasteiger partial charge < -0.3 is 19.1 Å². The van der Waals surface area contributed by atoms with Crippen molar-refractivity contribution < 1.29 is 43.0 Å². The van der Waals surface area contributed by atoms with Crippen molar-refractivity contribution in [1.29, 1.82) is 0 Å². The first-order valence-corrected chi connectivity index (χ1v) is 14.8. The van der Waals surface area contributed by atoms with E-state index in [2.05, 4.69) is 0 Å². The lowest BCUT2D eigenvalue weighted by atomic mass is 9.77. The zero-order chi connectivity index (χ0) is 29.3. The van der Waals surface area contributed by atoms with Gasteiger partial charge in [0, 0.05) is 24.8 Å². The number of hydrogen-bond donors (Lipinski definition) is 0. The van der Waals surface area contributed by atoms with Gasteiger partial charge in [-0.15, -0.1) is 0 Å². The van der Waals surface area contributed by atoms with E-state index in [4.69, 9.17) is 14.2 Å². The molecule has 40 heavy (non-hydrogen) atoms. The fourth-order valence-electron chi connectivity index (χ4n) is 6.15. The number of likely N-dealkylation sites (tertiary alicyclic amines) is 1. The average molecular weight is 564 g/mol. The zero-order valence-electron chi connectivity index (χ0n) is 24.2. The normalized spacial score (nSPS) is 26.8. The monoisotopic (exact) mass is 563 g/mol. The van der Waals surface area contributed by atoms with E-state index in [9.17, 15) is 28.8 Å². The first kappa shape index (κ1) is 31.7. The van der Waals surface area contributed by atoms with Crippen molar-refractivity contribution in [3.63, 3.8) is 0 Å². The molecule has 0 aromatic carbocycles. The Morgan fingerprint density at radius 1 is 0.725 bits per heavy atom. The summed E-state index contributed by atoms with van der Waals surface area (Å²) in [5.41, 5.74) is -1.50. The lowest BCUT2D eigenvalue weighted by molar-refractivity contribution is -0.175. The molecular weight excluding hydrogens is 518 g/mol. The van der Waals surface area contributed by atoms with Crippen molar-refractivity contribution in [2.75, 3.05) is 32.9 Å². The molecule has 3 rings (SSSR count). The average Bonchev–Trinajstić information content (AvgIpc) is 2.95. The highest BCUT2D eigenvalue weighted by molar-refractivity contribution is 5.86. The van der Waals surface area contributed by atoms with Crippen molar-refractivity contribution in [1.82, 2.24) is 4.90 Å². The summed E-state index contributed by atoms with van der Waals surface area (Å²) < 4.78 is 16.7. The van der Waals surface area contributed by atoms with E-state index in [0.29, 0.717) is 38.6 Å². The van der Waals surface area contributed by atoms with Crippen molar-refractivity contribution in [2.24, 2.45) is 29.1 Å². The van der Waals surface area contributed by atoms with Gasteiger partial charge in [0.15, 0.2) is 0 Å². The predicted molar refractivity (Wildman–Crippen MR) is 144 cm³/mol. The van der Waals surface area contributed by atoms with Crippen LogP contribution in [-0.2, 0) is 43.0 Å². The van der Waals surface area contributed by atoms with E-state index in [0.717, 1.165) is 38.5 Å². The van der Waals surface area contributed by atoms with Crippen LogP contribution >= 0.6 is 0 Å². The summed E-state index contributed by atoms with van der Waals surface area (Å²) in [6, 6.07) is 0. The molecule has 2 saturated carbocycles. The van der Waals surface area contributed by atoms with E-state index >= 15 is 0 Å². The number of carbonyl (C=O) groups excluding carboxylic acids is 6. The molecule has 3 fully saturated rings. The lowest BCUT2D eigenvalue weighted by Crippen LogP contribution is -2.44. The van der Waals surface area contributed by atoms with Gasteiger partial charge in [0.2, 0.25) is 5.91 Å². The Bertz CT molecular complexity index is 911. The van der Waals surface area contributed by atoms with E-state index in [1.165, 1.54) is 20.8 Å². The van der Waals surface area contributed by atoms with Gasteiger partial charge >= 0.3 is 17.9 Å². The molecule has 1 heterocycles. The van der Waals surface area contributed by atoms with E-state index in [1.54, 1.807) is 4.90 Å². The van der Waals surface area contributed by atoms with Crippen LogP contribution in [0.25, 0.3) is 0 Å². The molecule has 4 unspecified atom stereocenters. The van der Waals surface area contributed by atoms with Crippen LogP contribution in [0, 0.1) is 29.1 Å². The van der Waals surface area contributed by atoms with Crippen molar-refractivity contribution >= 4 is 35.4 Å². The van der Waals surface area contributed by atoms with E-state index in [-0.39, 0.29) is 43.8 Å². The quantitative estimate of drug-likeness (QED) is 0.259. The molecule has 0 aromatic rings. The molecular formula is C30H45NO9. The van der Waals surface area contributed by atoms with Crippen LogP contribution < -0.4 is 0 Å². The molecule has 0 radical (unpaired) electrons. The van der Waals surface area contributed by atoms with Crippen molar-refractivity contribution in [3.8, 4) is 0 Å². The third-order valence-electron chi connectivity index (χ3n) is 8.76. The maximum Gasteiger partial charge on any atom is 0.318 e. The molecule has 1 saturated heterocycles. The summed E-state index contributed by atoms with van der Waals surface area (Å²) in [7, 11) is 0. The molecule has 10 nitrogen and oxygen atoms in total. The van der Waals surface area contributed by atoms with Gasteiger partial charge in [-0.25, -0.2) is 0 Å². The highest BCUT2D eigenvalue weighted by atomic mass is 16.6. The Hall–Kier alpha value is -2.78. The molecule has 0 N–H and O–H groups in total. The number of ether oxygens (including phenoxy) is 3. The number of Topliss-reactive ketones (excluding diaryl/α,β-unsaturated/α-hetero) is 2. The van der Waals surface area contributed by atoms with Gasteiger partial charge in [-0.2, -0.15) is 0 Å². The minimum atomic E-state index is -1.50. The Morgan fingerprint density at radius 2 is 1.20 bits per heavy atom. The summed E-state index contributed by atoms with van der Waals surface area (Å²) in [6.45, 7) is 4.52. The number of amides is 1. The van der Waals surface area contributed by atoms with Gasteiger partial charge in [-0.1, -0.05) is 25.7 Å². The highest BCUT2D eigenvalue weighted by Gasteiger charge is 2.43. The molecule has 0 bridgehead atoms. The number of esters is 3. The second-order valence-electron chi connectivity index (χ2n) is 12.0. The maximum atomic E-state index is 13.3. The molecule has 0 spiro atoms. The zero-order valence-corrected chi connectivity index (χ0v) is 24.2. The van der Waals surface area contributed by atoms with Crippen molar-refractivity contribution in [2.45, 2.75) is 91.4 Å². The number of rotatable bonds is 12. The van der Waals surface area contributed by atoms with Crippen LogP contribution in [0.1, 0.15) is 91.4 Å². The number of carbonyl (C=O) groups is 6. The van der Waals surface area contributed by atoms with Gasteiger partial charge in [0.25, 0.3) is 0 Å².